The zero-order valence-electron chi connectivity index (χ0n) is 12.9. The van der Waals surface area contributed by atoms with Crippen molar-refractivity contribution in [3.05, 3.63) is 70.6 Å². The standard InChI is InChI=1S/C17H10ClF4N3O/c18-15-5-4-13(7-14(15)17(20,21)22)25-16(26)10(8-23)9-24-12-3-1-2-11(19)6-12/h1-7,9,24H,(H,25,26)/b10-9-. The Balaban J connectivity index is 2.17. The van der Waals surface area contributed by atoms with Crippen LogP contribution >= 0.6 is 11.6 Å². The van der Waals surface area contributed by atoms with Crippen LogP contribution in [0.25, 0.3) is 0 Å². The Hall–Kier alpha value is -3.05. The lowest BCUT2D eigenvalue weighted by molar-refractivity contribution is -0.137. The second-order valence-corrected chi connectivity index (χ2v) is 5.38. The highest BCUT2D eigenvalue weighted by Crippen LogP contribution is 2.36. The van der Waals surface area contributed by atoms with Crippen LogP contribution in [-0.4, -0.2) is 5.91 Å². The van der Waals surface area contributed by atoms with Gasteiger partial charge in [0.15, 0.2) is 0 Å². The smallest absolute Gasteiger partial charge is 0.360 e. The van der Waals surface area contributed by atoms with Crippen molar-refractivity contribution in [1.82, 2.24) is 0 Å². The molecule has 9 heteroatoms. The molecule has 1 amide bonds. The molecule has 0 aliphatic carbocycles. The molecular weight excluding hydrogens is 374 g/mol. The predicted octanol–water partition coefficient (Wildman–Crippen LogP) is 4.96. The lowest BCUT2D eigenvalue weighted by Crippen LogP contribution is -2.15. The van der Waals surface area contributed by atoms with E-state index in [0.29, 0.717) is 6.07 Å². The van der Waals surface area contributed by atoms with Gasteiger partial charge in [-0.05, 0) is 36.4 Å². The van der Waals surface area contributed by atoms with Crippen LogP contribution in [0, 0.1) is 17.1 Å². The monoisotopic (exact) mass is 383 g/mol. The predicted molar refractivity (Wildman–Crippen MR) is 88.8 cm³/mol. The lowest BCUT2D eigenvalue weighted by Gasteiger charge is -2.11. The largest absolute Gasteiger partial charge is 0.417 e. The minimum atomic E-state index is -4.69. The first-order valence-corrected chi connectivity index (χ1v) is 7.39. The van der Waals surface area contributed by atoms with Gasteiger partial charge in [-0.2, -0.15) is 18.4 Å². The number of nitrogens with one attached hydrogen (secondary N) is 2. The van der Waals surface area contributed by atoms with E-state index in [4.69, 9.17) is 16.9 Å². The number of nitriles is 1. The number of anilines is 2. The summed E-state index contributed by atoms with van der Waals surface area (Å²) in [6, 6.07) is 9.70. The number of alkyl halides is 3. The molecule has 26 heavy (non-hydrogen) atoms. The first-order chi connectivity index (χ1) is 12.2. The third kappa shape index (κ3) is 4.97. The zero-order valence-corrected chi connectivity index (χ0v) is 13.6. The van der Waals surface area contributed by atoms with E-state index in [2.05, 4.69) is 10.6 Å². The van der Waals surface area contributed by atoms with E-state index in [9.17, 15) is 22.4 Å². The molecule has 0 heterocycles. The zero-order chi connectivity index (χ0) is 19.3. The van der Waals surface area contributed by atoms with E-state index in [0.717, 1.165) is 18.3 Å². The average Bonchev–Trinajstić information content (AvgIpc) is 2.56. The first-order valence-electron chi connectivity index (χ1n) is 7.01. The second kappa shape index (κ2) is 7.89. The van der Waals surface area contributed by atoms with Gasteiger partial charge in [0.2, 0.25) is 0 Å². The van der Waals surface area contributed by atoms with Gasteiger partial charge in [-0.3, -0.25) is 4.79 Å². The highest BCUT2D eigenvalue weighted by molar-refractivity contribution is 6.31. The van der Waals surface area contributed by atoms with E-state index >= 15 is 0 Å². The molecule has 0 saturated heterocycles. The summed E-state index contributed by atoms with van der Waals surface area (Å²) in [7, 11) is 0. The number of carbonyl (C=O) groups excluding carboxylic acids is 1. The normalized spacial score (nSPS) is 11.6. The summed E-state index contributed by atoms with van der Waals surface area (Å²) < 4.78 is 51.6. The van der Waals surface area contributed by atoms with Gasteiger partial charge in [0.05, 0.1) is 10.6 Å². The van der Waals surface area contributed by atoms with E-state index < -0.39 is 34.1 Å². The lowest BCUT2D eigenvalue weighted by atomic mass is 10.2. The molecule has 0 unspecified atom stereocenters. The molecule has 0 aromatic heterocycles. The molecule has 2 aromatic carbocycles. The van der Waals surface area contributed by atoms with Crippen molar-refractivity contribution in [2.24, 2.45) is 0 Å². The molecule has 0 spiro atoms. The number of amides is 1. The van der Waals surface area contributed by atoms with Crippen molar-refractivity contribution in [3.8, 4) is 6.07 Å². The highest BCUT2D eigenvalue weighted by Gasteiger charge is 2.33. The fraction of sp³-hybridized carbons (Fsp3) is 0.0588. The van der Waals surface area contributed by atoms with Crippen molar-refractivity contribution in [2.45, 2.75) is 6.18 Å². The van der Waals surface area contributed by atoms with Gasteiger partial charge >= 0.3 is 6.18 Å². The minimum Gasteiger partial charge on any atom is -0.360 e. The Morgan fingerprint density at radius 3 is 2.50 bits per heavy atom. The number of benzene rings is 2. The molecule has 0 aliphatic heterocycles. The quantitative estimate of drug-likeness (QED) is 0.446. The molecule has 0 radical (unpaired) electrons. The molecule has 0 bridgehead atoms. The molecule has 4 nitrogen and oxygen atoms in total. The third-order valence-electron chi connectivity index (χ3n) is 3.10. The molecule has 2 N–H and O–H groups in total. The van der Waals surface area contributed by atoms with E-state index in [-0.39, 0.29) is 11.4 Å². The Kier molecular flexibility index (Phi) is 5.85. The minimum absolute atomic E-state index is 0.182. The van der Waals surface area contributed by atoms with Crippen molar-refractivity contribution < 1.29 is 22.4 Å². The number of nitrogens with zero attached hydrogens (tertiary/aromatic N) is 1. The Labute approximate surface area is 150 Å². The molecule has 2 rings (SSSR count). The summed E-state index contributed by atoms with van der Waals surface area (Å²) in [5.41, 5.74) is -1.43. The summed E-state index contributed by atoms with van der Waals surface area (Å²) >= 11 is 5.50. The number of rotatable bonds is 4. The van der Waals surface area contributed by atoms with Crippen LogP contribution in [0.3, 0.4) is 0 Å². The maximum absolute atomic E-state index is 13.1. The second-order valence-electron chi connectivity index (χ2n) is 4.97. The van der Waals surface area contributed by atoms with Crippen LogP contribution in [0.1, 0.15) is 5.56 Å². The average molecular weight is 384 g/mol. The van der Waals surface area contributed by atoms with Crippen LogP contribution in [-0.2, 0) is 11.0 Å². The van der Waals surface area contributed by atoms with Crippen molar-refractivity contribution in [1.29, 1.82) is 5.26 Å². The van der Waals surface area contributed by atoms with Gasteiger partial charge in [-0.15, -0.1) is 0 Å². The Bertz CT molecular complexity index is 904. The van der Waals surface area contributed by atoms with Gasteiger partial charge in [0.25, 0.3) is 5.91 Å². The third-order valence-corrected chi connectivity index (χ3v) is 3.43. The van der Waals surface area contributed by atoms with Crippen LogP contribution < -0.4 is 10.6 Å². The summed E-state index contributed by atoms with van der Waals surface area (Å²) in [5, 5.41) is 13.3. The van der Waals surface area contributed by atoms with Crippen molar-refractivity contribution in [2.75, 3.05) is 10.6 Å². The summed E-state index contributed by atoms with van der Waals surface area (Å²) in [6.45, 7) is 0. The topological polar surface area (TPSA) is 64.9 Å². The van der Waals surface area contributed by atoms with E-state index in [1.54, 1.807) is 6.07 Å². The van der Waals surface area contributed by atoms with E-state index in [1.165, 1.54) is 24.3 Å². The van der Waals surface area contributed by atoms with Crippen molar-refractivity contribution >= 4 is 28.9 Å². The fourth-order valence-electron chi connectivity index (χ4n) is 1.90. The van der Waals surface area contributed by atoms with Crippen LogP contribution in [0.5, 0.6) is 0 Å². The first kappa shape index (κ1) is 19.3. The summed E-state index contributed by atoms with van der Waals surface area (Å²) in [4.78, 5) is 12.0. The Morgan fingerprint density at radius 2 is 1.88 bits per heavy atom. The van der Waals surface area contributed by atoms with E-state index in [1.807, 2.05) is 0 Å². The van der Waals surface area contributed by atoms with Gasteiger partial charge in [-0.25, -0.2) is 4.39 Å². The fourth-order valence-corrected chi connectivity index (χ4v) is 2.13. The van der Waals surface area contributed by atoms with Crippen LogP contribution in [0.15, 0.2) is 54.2 Å². The molecule has 2 aromatic rings. The summed E-state index contributed by atoms with van der Waals surface area (Å²) in [5.74, 6) is -1.46. The van der Waals surface area contributed by atoms with Gasteiger partial charge < -0.3 is 10.6 Å². The Morgan fingerprint density at radius 1 is 1.15 bits per heavy atom. The number of carbonyl (C=O) groups is 1. The highest BCUT2D eigenvalue weighted by atomic mass is 35.5. The van der Waals surface area contributed by atoms with Gasteiger partial charge in [0.1, 0.15) is 17.5 Å². The van der Waals surface area contributed by atoms with Gasteiger partial charge in [0, 0.05) is 17.6 Å². The SMILES string of the molecule is N#C/C(=C/Nc1cccc(F)c1)C(=O)Nc1ccc(Cl)c(C(F)(F)F)c1. The number of hydrogen-bond acceptors (Lipinski definition) is 3. The molecule has 0 atom stereocenters. The molecular formula is C17H10ClF4N3O. The van der Waals surface area contributed by atoms with Crippen molar-refractivity contribution in [3.63, 3.8) is 0 Å². The van der Waals surface area contributed by atoms with Gasteiger partial charge in [-0.1, -0.05) is 17.7 Å². The maximum Gasteiger partial charge on any atom is 0.417 e. The number of halogens is 5. The molecule has 0 aliphatic rings. The molecule has 0 fully saturated rings. The summed E-state index contributed by atoms with van der Waals surface area (Å²) in [6.07, 6.45) is -3.67. The molecule has 0 saturated carbocycles. The molecule has 134 valence electrons. The van der Waals surface area contributed by atoms with Crippen LogP contribution in [0.2, 0.25) is 5.02 Å². The van der Waals surface area contributed by atoms with Crippen LogP contribution in [0.4, 0.5) is 28.9 Å². The number of hydrogen-bond donors (Lipinski definition) is 2. The maximum atomic E-state index is 13.1.